The number of aliphatic hydroxyl groups is 1. The molecule has 0 spiro atoms. The Hall–Kier alpha value is -0.860. The molecule has 0 bridgehead atoms. The Kier molecular flexibility index (Phi) is 2.57. The van der Waals surface area contributed by atoms with Crippen molar-refractivity contribution < 1.29 is 5.11 Å². The second kappa shape index (κ2) is 3.71. The van der Waals surface area contributed by atoms with Crippen molar-refractivity contribution in [3.63, 3.8) is 0 Å². The van der Waals surface area contributed by atoms with E-state index in [0.29, 0.717) is 0 Å². The van der Waals surface area contributed by atoms with Crippen molar-refractivity contribution in [3.05, 3.63) is 35.4 Å². The molecule has 1 aliphatic rings. The summed E-state index contributed by atoms with van der Waals surface area (Å²) in [6.45, 7) is 0. The van der Waals surface area contributed by atoms with Crippen molar-refractivity contribution in [2.75, 3.05) is 14.1 Å². The van der Waals surface area contributed by atoms with E-state index in [0.717, 1.165) is 12.8 Å². The van der Waals surface area contributed by atoms with Gasteiger partial charge in [0.25, 0.3) is 0 Å². The molecule has 14 heavy (non-hydrogen) atoms. The summed E-state index contributed by atoms with van der Waals surface area (Å²) in [4.78, 5) is 2.10. The summed E-state index contributed by atoms with van der Waals surface area (Å²) in [5.74, 6) is 0. The van der Waals surface area contributed by atoms with Crippen LogP contribution in [0.1, 0.15) is 23.6 Å². The first-order valence-electron chi connectivity index (χ1n) is 5.12. The molecule has 0 aliphatic heterocycles. The maximum Gasteiger partial charge on any atom is 0.0740 e. The molecular weight excluding hydrogens is 174 g/mol. The minimum atomic E-state index is -0.222. The van der Waals surface area contributed by atoms with Gasteiger partial charge < -0.3 is 10.0 Å². The van der Waals surface area contributed by atoms with Crippen molar-refractivity contribution in [2.45, 2.75) is 25.0 Å². The van der Waals surface area contributed by atoms with Gasteiger partial charge in [-0.05, 0) is 38.1 Å². The highest BCUT2D eigenvalue weighted by atomic mass is 16.3. The van der Waals surface area contributed by atoms with Crippen molar-refractivity contribution in [1.29, 1.82) is 0 Å². The Morgan fingerprint density at radius 1 is 1.29 bits per heavy atom. The van der Waals surface area contributed by atoms with Gasteiger partial charge in [-0.15, -0.1) is 0 Å². The third kappa shape index (κ3) is 1.56. The van der Waals surface area contributed by atoms with E-state index in [1.165, 1.54) is 11.1 Å². The molecule has 0 saturated carbocycles. The highest BCUT2D eigenvalue weighted by molar-refractivity contribution is 5.33. The maximum absolute atomic E-state index is 9.94. The number of likely N-dealkylation sites (N-methyl/N-ethyl adjacent to an activating group) is 1. The number of hydrogen-bond donors (Lipinski definition) is 1. The Morgan fingerprint density at radius 2 is 2.00 bits per heavy atom. The minimum absolute atomic E-state index is 0.167. The first-order valence-corrected chi connectivity index (χ1v) is 5.12. The molecule has 0 unspecified atom stereocenters. The Bertz CT molecular complexity index is 322. The van der Waals surface area contributed by atoms with Crippen LogP contribution >= 0.6 is 0 Å². The predicted molar refractivity (Wildman–Crippen MR) is 57.2 cm³/mol. The van der Waals surface area contributed by atoms with Gasteiger partial charge in [-0.3, -0.25) is 0 Å². The van der Waals surface area contributed by atoms with Gasteiger partial charge in [0.1, 0.15) is 0 Å². The molecule has 2 nitrogen and oxygen atoms in total. The summed E-state index contributed by atoms with van der Waals surface area (Å²) in [7, 11) is 4.05. The zero-order valence-electron chi connectivity index (χ0n) is 8.77. The van der Waals surface area contributed by atoms with Crippen LogP contribution in [0.15, 0.2) is 24.3 Å². The number of benzene rings is 1. The average molecular weight is 191 g/mol. The minimum Gasteiger partial charge on any atom is -0.391 e. The Labute approximate surface area is 85.2 Å². The molecule has 76 valence electrons. The molecule has 1 aromatic rings. The summed E-state index contributed by atoms with van der Waals surface area (Å²) >= 11 is 0. The molecule has 1 aromatic carbocycles. The van der Waals surface area contributed by atoms with Gasteiger partial charge in [0.05, 0.1) is 12.1 Å². The second-order valence-electron chi connectivity index (χ2n) is 4.21. The molecule has 0 fully saturated rings. The fraction of sp³-hybridized carbons (Fsp3) is 0.500. The smallest absolute Gasteiger partial charge is 0.0740 e. The fourth-order valence-corrected chi connectivity index (χ4v) is 2.34. The van der Waals surface area contributed by atoms with Gasteiger partial charge in [-0.1, -0.05) is 24.3 Å². The van der Waals surface area contributed by atoms with E-state index >= 15 is 0 Å². The van der Waals surface area contributed by atoms with Crippen LogP contribution in [0.4, 0.5) is 0 Å². The lowest BCUT2D eigenvalue weighted by atomic mass is 9.85. The third-order valence-corrected chi connectivity index (χ3v) is 3.00. The summed E-state index contributed by atoms with van der Waals surface area (Å²) in [5.41, 5.74) is 2.67. The van der Waals surface area contributed by atoms with E-state index in [-0.39, 0.29) is 12.1 Å². The molecule has 2 atom stereocenters. The molecule has 1 N–H and O–H groups in total. The van der Waals surface area contributed by atoms with Crippen LogP contribution in [-0.2, 0) is 6.42 Å². The molecule has 0 saturated heterocycles. The number of fused-ring (bicyclic) bond motifs is 1. The average Bonchev–Trinajstić information content (AvgIpc) is 2.17. The van der Waals surface area contributed by atoms with Crippen LogP contribution < -0.4 is 0 Å². The number of nitrogens with zero attached hydrogens (tertiary/aromatic N) is 1. The van der Waals surface area contributed by atoms with Crippen LogP contribution in [0.2, 0.25) is 0 Å². The molecule has 0 amide bonds. The van der Waals surface area contributed by atoms with Gasteiger partial charge in [0.15, 0.2) is 0 Å². The van der Waals surface area contributed by atoms with Crippen molar-refractivity contribution in [2.24, 2.45) is 0 Å². The predicted octanol–water partition coefficient (Wildman–Crippen LogP) is 1.60. The van der Waals surface area contributed by atoms with Gasteiger partial charge in [0, 0.05) is 0 Å². The number of rotatable bonds is 1. The molecule has 1 aliphatic carbocycles. The molecule has 0 radical (unpaired) electrons. The molecule has 0 heterocycles. The molecule has 2 heteroatoms. The van der Waals surface area contributed by atoms with E-state index < -0.39 is 0 Å². The van der Waals surface area contributed by atoms with Gasteiger partial charge in [0.2, 0.25) is 0 Å². The highest BCUT2D eigenvalue weighted by Crippen LogP contribution is 2.32. The van der Waals surface area contributed by atoms with Crippen molar-refractivity contribution >= 4 is 0 Å². The number of hydrogen-bond acceptors (Lipinski definition) is 2. The number of aryl methyl sites for hydroxylation is 1. The lowest BCUT2D eigenvalue weighted by Crippen LogP contribution is -2.35. The second-order valence-corrected chi connectivity index (χ2v) is 4.21. The number of aliphatic hydroxyl groups excluding tert-OH is 1. The summed E-state index contributed by atoms with van der Waals surface area (Å²) < 4.78 is 0. The lowest BCUT2D eigenvalue weighted by Gasteiger charge is -2.34. The van der Waals surface area contributed by atoms with E-state index in [9.17, 15) is 5.11 Å². The Balaban J connectivity index is 2.41. The first-order chi connectivity index (χ1) is 6.70. The van der Waals surface area contributed by atoms with Crippen LogP contribution in [0, 0.1) is 0 Å². The highest BCUT2D eigenvalue weighted by Gasteiger charge is 2.28. The Morgan fingerprint density at radius 3 is 2.71 bits per heavy atom. The van der Waals surface area contributed by atoms with E-state index in [4.69, 9.17) is 0 Å². The largest absolute Gasteiger partial charge is 0.391 e. The summed E-state index contributed by atoms with van der Waals surface area (Å²) in [6.07, 6.45) is 1.65. The zero-order chi connectivity index (χ0) is 10.1. The van der Waals surface area contributed by atoms with Gasteiger partial charge in [-0.25, -0.2) is 0 Å². The van der Waals surface area contributed by atoms with Gasteiger partial charge >= 0.3 is 0 Å². The lowest BCUT2D eigenvalue weighted by molar-refractivity contribution is 0.0614. The van der Waals surface area contributed by atoms with E-state index in [2.05, 4.69) is 23.1 Å². The fourth-order valence-electron chi connectivity index (χ4n) is 2.34. The molecule has 0 aromatic heterocycles. The zero-order valence-corrected chi connectivity index (χ0v) is 8.77. The summed E-state index contributed by atoms with van der Waals surface area (Å²) in [5, 5.41) is 9.94. The molecule has 2 rings (SSSR count). The standard InChI is InChI=1S/C12H17NO/c1-13(2)12-10-6-4-3-5-9(10)7-8-11(12)14/h3-6,11-12,14H,7-8H2,1-2H3/t11-,12-/m1/s1. The first kappa shape index (κ1) is 9.69. The monoisotopic (exact) mass is 191 g/mol. The maximum atomic E-state index is 9.94. The SMILES string of the molecule is CN(C)[C@@H]1c2ccccc2CC[C@H]1O. The third-order valence-electron chi connectivity index (χ3n) is 3.00. The van der Waals surface area contributed by atoms with Crippen molar-refractivity contribution in [1.82, 2.24) is 4.90 Å². The van der Waals surface area contributed by atoms with Gasteiger partial charge in [-0.2, -0.15) is 0 Å². The topological polar surface area (TPSA) is 23.5 Å². The van der Waals surface area contributed by atoms with E-state index in [1.54, 1.807) is 0 Å². The normalized spacial score (nSPS) is 26.3. The van der Waals surface area contributed by atoms with Crippen LogP contribution in [0.25, 0.3) is 0 Å². The molecular formula is C12H17NO. The van der Waals surface area contributed by atoms with Crippen LogP contribution in [0.3, 0.4) is 0 Å². The van der Waals surface area contributed by atoms with Crippen LogP contribution in [-0.4, -0.2) is 30.2 Å². The summed E-state index contributed by atoms with van der Waals surface area (Å²) in [6, 6.07) is 8.58. The van der Waals surface area contributed by atoms with Crippen LogP contribution in [0.5, 0.6) is 0 Å². The quantitative estimate of drug-likeness (QED) is 0.728. The van der Waals surface area contributed by atoms with E-state index in [1.807, 2.05) is 20.2 Å². The van der Waals surface area contributed by atoms with Crippen molar-refractivity contribution in [3.8, 4) is 0 Å².